The van der Waals surface area contributed by atoms with E-state index in [0.717, 1.165) is 44.3 Å². The van der Waals surface area contributed by atoms with Crippen LogP contribution in [-0.2, 0) is 0 Å². The molecule has 0 unspecified atom stereocenters. The van der Waals surface area contributed by atoms with E-state index in [9.17, 15) is 0 Å². The fourth-order valence-corrected chi connectivity index (χ4v) is 4.92. The van der Waals surface area contributed by atoms with Crippen LogP contribution in [0.3, 0.4) is 0 Å². The van der Waals surface area contributed by atoms with Gasteiger partial charge in [-0.25, -0.2) is 15.0 Å². The van der Waals surface area contributed by atoms with Crippen LogP contribution in [0.25, 0.3) is 67.3 Å². The van der Waals surface area contributed by atoms with Crippen LogP contribution in [0.1, 0.15) is 0 Å². The van der Waals surface area contributed by atoms with Crippen LogP contribution in [-0.4, -0.2) is 19.9 Å². The van der Waals surface area contributed by atoms with Gasteiger partial charge in [-0.2, -0.15) is 0 Å². The van der Waals surface area contributed by atoms with Crippen molar-refractivity contribution in [2.24, 2.45) is 0 Å². The molecule has 0 amide bonds. The Kier molecular flexibility index (Phi) is 6.11. The molecule has 0 saturated heterocycles. The first kappa shape index (κ1) is 23.6. The first-order chi connectivity index (χ1) is 19.8. The zero-order valence-electron chi connectivity index (χ0n) is 21.6. The number of nitrogens with zero attached hydrogens (tertiary/aromatic N) is 4. The molecule has 2 aromatic heterocycles. The number of benzene rings is 5. The Bertz CT molecular complexity index is 1810. The van der Waals surface area contributed by atoms with Gasteiger partial charge >= 0.3 is 0 Å². The van der Waals surface area contributed by atoms with E-state index < -0.39 is 0 Å². The molecule has 5 aromatic carbocycles. The zero-order valence-corrected chi connectivity index (χ0v) is 21.6. The molecule has 0 aliphatic heterocycles. The van der Waals surface area contributed by atoms with Gasteiger partial charge in [0.1, 0.15) is 0 Å². The molecule has 188 valence electrons. The summed E-state index contributed by atoms with van der Waals surface area (Å²) in [6.45, 7) is 0. The molecule has 0 N–H and O–H groups in total. The summed E-state index contributed by atoms with van der Waals surface area (Å²) in [7, 11) is 0. The van der Waals surface area contributed by atoms with Gasteiger partial charge in [0.25, 0.3) is 0 Å². The lowest BCUT2D eigenvalue weighted by Gasteiger charge is -2.11. The van der Waals surface area contributed by atoms with E-state index in [-0.39, 0.29) is 0 Å². The minimum absolute atomic E-state index is 0.590. The van der Waals surface area contributed by atoms with Crippen LogP contribution >= 0.6 is 0 Å². The van der Waals surface area contributed by atoms with E-state index in [2.05, 4.69) is 84.9 Å². The maximum Gasteiger partial charge on any atom is 0.165 e. The van der Waals surface area contributed by atoms with Crippen molar-refractivity contribution in [2.45, 2.75) is 0 Å². The Morgan fingerprint density at radius 1 is 0.350 bits per heavy atom. The highest BCUT2D eigenvalue weighted by Gasteiger charge is 2.15. The second-order valence-electron chi connectivity index (χ2n) is 9.57. The van der Waals surface area contributed by atoms with Crippen molar-refractivity contribution in [3.05, 3.63) is 146 Å². The molecular weight excluding hydrogens is 488 g/mol. The molecule has 0 bridgehead atoms. The molecule has 0 atom stereocenters. The van der Waals surface area contributed by atoms with Crippen molar-refractivity contribution in [1.29, 1.82) is 0 Å². The summed E-state index contributed by atoms with van der Waals surface area (Å²) in [5.74, 6) is 1.85. The molecule has 40 heavy (non-hydrogen) atoms. The topological polar surface area (TPSA) is 51.6 Å². The zero-order chi connectivity index (χ0) is 26.7. The lowest BCUT2D eigenvalue weighted by atomic mass is 10.0. The Morgan fingerprint density at radius 3 is 1.62 bits per heavy atom. The van der Waals surface area contributed by atoms with Gasteiger partial charge < -0.3 is 0 Å². The van der Waals surface area contributed by atoms with Crippen molar-refractivity contribution >= 4 is 10.8 Å². The van der Waals surface area contributed by atoms with Crippen LogP contribution in [0.15, 0.2) is 146 Å². The number of fused-ring (bicyclic) bond motifs is 1. The van der Waals surface area contributed by atoms with Crippen LogP contribution in [0.2, 0.25) is 0 Å². The van der Waals surface area contributed by atoms with Gasteiger partial charge in [0, 0.05) is 28.5 Å². The lowest BCUT2D eigenvalue weighted by molar-refractivity contribution is 1.07. The Labute approximate surface area is 232 Å². The molecular formula is C36H24N4. The highest BCUT2D eigenvalue weighted by molar-refractivity contribution is 5.95. The number of aromatic nitrogens is 4. The van der Waals surface area contributed by atoms with Crippen molar-refractivity contribution in [2.75, 3.05) is 0 Å². The third-order valence-corrected chi connectivity index (χ3v) is 7.01. The van der Waals surface area contributed by atoms with Gasteiger partial charge in [0.15, 0.2) is 17.5 Å². The molecule has 0 fully saturated rings. The van der Waals surface area contributed by atoms with E-state index in [1.54, 1.807) is 0 Å². The number of rotatable bonds is 5. The molecule has 0 aliphatic carbocycles. The molecule has 0 aliphatic rings. The highest BCUT2D eigenvalue weighted by atomic mass is 15.0. The maximum atomic E-state index is 4.97. The first-order valence-corrected chi connectivity index (χ1v) is 13.2. The molecule has 0 radical (unpaired) electrons. The summed E-state index contributed by atoms with van der Waals surface area (Å²) in [6, 6.07) is 47.5. The Balaban J connectivity index is 1.35. The maximum absolute atomic E-state index is 4.97. The number of pyridine rings is 1. The standard InChI is InChI=1S/C36H24N4/c1-3-10-25(11-4-1)26-18-20-29(21-19-26)34-38-35(30-22-23-33(37-24-30)28-13-5-2-6-14-28)40-36(39-34)32-17-9-15-27-12-7-8-16-31(27)32/h1-24H. The number of hydrogen-bond acceptors (Lipinski definition) is 4. The van der Waals surface area contributed by atoms with E-state index in [1.807, 2.05) is 60.8 Å². The van der Waals surface area contributed by atoms with Crippen molar-refractivity contribution < 1.29 is 0 Å². The van der Waals surface area contributed by atoms with Crippen molar-refractivity contribution in [3.63, 3.8) is 0 Å². The van der Waals surface area contributed by atoms with E-state index in [0.29, 0.717) is 17.5 Å². The molecule has 7 rings (SSSR count). The smallest absolute Gasteiger partial charge is 0.165 e. The van der Waals surface area contributed by atoms with Gasteiger partial charge in [-0.15, -0.1) is 0 Å². The third-order valence-electron chi connectivity index (χ3n) is 7.01. The predicted octanol–water partition coefficient (Wildman–Crippen LogP) is 8.75. The van der Waals surface area contributed by atoms with Crippen molar-refractivity contribution in [3.8, 4) is 56.5 Å². The highest BCUT2D eigenvalue weighted by Crippen LogP contribution is 2.31. The molecule has 0 spiro atoms. The monoisotopic (exact) mass is 512 g/mol. The average Bonchev–Trinajstić information content (AvgIpc) is 3.05. The minimum Gasteiger partial charge on any atom is -0.255 e. The summed E-state index contributed by atoms with van der Waals surface area (Å²) in [5.41, 5.74) is 7.03. The molecule has 4 nitrogen and oxygen atoms in total. The van der Waals surface area contributed by atoms with Crippen LogP contribution < -0.4 is 0 Å². The van der Waals surface area contributed by atoms with Crippen LogP contribution in [0.5, 0.6) is 0 Å². The molecule has 2 heterocycles. The van der Waals surface area contributed by atoms with Crippen LogP contribution in [0.4, 0.5) is 0 Å². The summed E-state index contributed by atoms with van der Waals surface area (Å²) in [5, 5.41) is 2.25. The quantitative estimate of drug-likeness (QED) is 0.231. The normalized spacial score (nSPS) is 11.0. The average molecular weight is 513 g/mol. The summed E-state index contributed by atoms with van der Waals surface area (Å²) in [6.07, 6.45) is 1.84. The van der Waals surface area contributed by atoms with E-state index in [4.69, 9.17) is 19.9 Å². The second-order valence-corrected chi connectivity index (χ2v) is 9.57. The van der Waals surface area contributed by atoms with Gasteiger partial charge in [-0.1, -0.05) is 127 Å². The molecule has 0 saturated carbocycles. The largest absolute Gasteiger partial charge is 0.255 e. The summed E-state index contributed by atoms with van der Waals surface area (Å²) < 4.78 is 0. The summed E-state index contributed by atoms with van der Waals surface area (Å²) in [4.78, 5) is 19.6. The SMILES string of the molecule is c1ccc(-c2ccc(-c3nc(-c4ccc(-c5ccccc5)nc4)nc(-c4cccc5ccccc45)n3)cc2)cc1. The predicted molar refractivity (Wildman–Crippen MR) is 162 cm³/mol. The third kappa shape index (κ3) is 4.63. The van der Waals surface area contributed by atoms with Gasteiger partial charge in [0.2, 0.25) is 0 Å². The number of hydrogen-bond donors (Lipinski definition) is 0. The lowest BCUT2D eigenvalue weighted by Crippen LogP contribution is -2.01. The fraction of sp³-hybridized carbons (Fsp3) is 0. The second kappa shape index (κ2) is 10.4. The first-order valence-electron chi connectivity index (χ1n) is 13.2. The van der Waals surface area contributed by atoms with E-state index >= 15 is 0 Å². The Morgan fingerprint density at radius 2 is 0.900 bits per heavy atom. The van der Waals surface area contributed by atoms with Crippen LogP contribution in [0, 0.1) is 0 Å². The van der Waals surface area contributed by atoms with Gasteiger partial charge in [-0.3, -0.25) is 4.98 Å². The fourth-order valence-electron chi connectivity index (χ4n) is 4.92. The Hall–Kier alpha value is -5.48. The molecule has 4 heteroatoms. The minimum atomic E-state index is 0.590. The van der Waals surface area contributed by atoms with Gasteiger partial charge in [0.05, 0.1) is 5.69 Å². The summed E-state index contributed by atoms with van der Waals surface area (Å²) >= 11 is 0. The van der Waals surface area contributed by atoms with Gasteiger partial charge in [-0.05, 0) is 34.0 Å². The van der Waals surface area contributed by atoms with Crippen molar-refractivity contribution in [1.82, 2.24) is 19.9 Å². The molecule has 7 aromatic rings. The van der Waals surface area contributed by atoms with E-state index in [1.165, 1.54) is 5.56 Å².